The molecule has 1 N–H and O–H groups in total. The number of hydrogen-bond acceptors (Lipinski definition) is 1. The molecule has 0 rings (SSSR count). The molecule has 0 amide bonds. The van der Waals surface area contributed by atoms with Gasteiger partial charge in [-0.2, -0.15) is 22.0 Å². The Balaban J connectivity index is 3.44. The van der Waals surface area contributed by atoms with Gasteiger partial charge in [-0.1, -0.05) is 0 Å². The fourth-order valence-corrected chi connectivity index (χ4v) is 0.502. The second-order valence-corrected chi connectivity index (χ2v) is 2.13. The Labute approximate surface area is 59.8 Å². The Hall–Kier alpha value is -0.390. The van der Waals surface area contributed by atoms with E-state index < -0.39 is 31.5 Å². The molecule has 0 spiro atoms. The van der Waals surface area contributed by atoms with E-state index in [1.54, 1.807) is 0 Å². The van der Waals surface area contributed by atoms with Gasteiger partial charge in [0.15, 0.2) is 0 Å². The van der Waals surface area contributed by atoms with Crippen molar-refractivity contribution >= 4 is 0 Å². The van der Waals surface area contributed by atoms with E-state index in [9.17, 15) is 22.0 Å². The Morgan fingerprint density at radius 3 is 1.64 bits per heavy atom. The predicted octanol–water partition coefficient (Wildman–Crippen LogP) is 2.30. The molecule has 0 aliphatic carbocycles. The van der Waals surface area contributed by atoms with Crippen LogP contribution in [0.15, 0.2) is 0 Å². The average Bonchev–Trinajstić information content (AvgIpc) is 1.55. The molecule has 0 unspecified atom stereocenters. The molecule has 0 aromatic heterocycles. The van der Waals surface area contributed by atoms with Crippen LogP contribution in [-0.2, 0) is 0 Å². The average molecular weight is 178 g/mol. The summed E-state index contributed by atoms with van der Waals surface area (Å²) in [5.74, 6) is 0. The van der Waals surface area contributed by atoms with E-state index in [0.717, 1.165) is 0 Å². The van der Waals surface area contributed by atoms with Crippen molar-refractivity contribution in [1.82, 2.24) is 0 Å². The van der Waals surface area contributed by atoms with E-state index in [4.69, 9.17) is 5.11 Å². The van der Waals surface area contributed by atoms with E-state index in [1.807, 2.05) is 0 Å². The lowest BCUT2D eigenvalue weighted by Crippen LogP contribution is -2.16. The summed E-state index contributed by atoms with van der Waals surface area (Å²) in [7, 11) is 0. The van der Waals surface area contributed by atoms with E-state index >= 15 is 0 Å². The second kappa shape index (κ2) is 3.34. The Morgan fingerprint density at radius 2 is 1.36 bits per heavy atom. The van der Waals surface area contributed by atoms with Crippen molar-refractivity contribution < 1.29 is 27.1 Å². The van der Waals surface area contributed by atoms with Crippen molar-refractivity contribution in [3.8, 4) is 0 Å². The molecule has 68 valence electrons. The van der Waals surface area contributed by atoms with E-state index in [1.165, 1.54) is 0 Å². The molecule has 0 aromatic carbocycles. The van der Waals surface area contributed by atoms with Crippen molar-refractivity contribution in [3.63, 3.8) is 0 Å². The summed E-state index contributed by atoms with van der Waals surface area (Å²) >= 11 is 0. The first-order valence-corrected chi connectivity index (χ1v) is 2.88. The quantitative estimate of drug-likeness (QED) is 0.657. The van der Waals surface area contributed by atoms with Crippen LogP contribution in [-0.4, -0.2) is 17.4 Å². The molecular weight excluding hydrogens is 171 g/mol. The van der Waals surface area contributed by atoms with E-state index in [2.05, 4.69) is 0 Å². The number of hydrogen-bond donors (Lipinski definition) is 1. The van der Waals surface area contributed by atoms with Crippen LogP contribution >= 0.6 is 0 Å². The fourth-order valence-electron chi connectivity index (χ4n) is 0.502. The summed E-state index contributed by atoms with van der Waals surface area (Å²) in [6.07, 6.45) is -11.6. The maximum Gasteiger partial charge on any atom is 0.389 e. The number of aliphatic hydroxyl groups is 1. The lowest BCUT2D eigenvalue weighted by Gasteiger charge is -2.09. The lowest BCUT2D eigenvalue weighted by atomic mass is 10.2. The van der Waals surface area contributed by atoms with Crippen LogP contribution in [0.5, 0.6) is 0 Å². The van der Waals surface area contributed by atoms with E-state index in [-0.39, 0.29) is 0 Å². The highest BCUT2D eigenvalue weighted by atomic mass is 19.4. The van der Waals surface area contributed by atoms with Gasteiger partial charge in [0.2, 0.25) is 0 Å². The molecule has 11 heavy (non-hydrogen) atoms. The standard InChI is InChI=1S/C5H7F5O/c6-4(7,8)2-1-3-5(9,10)11/h11H,1-3H2. The molecule has 0 radical (unpaired) electrons. The first kappa shape index (κ1) is 10.6. The third-order valence-electron chi connectivity index (χ3n) is 0.938. The zero-order chi connectivity index (χ0) is 9.12. The molecule has 0 atom stereocenters. The minimum Gasteiger partial charge on any atom is -0.336 e. The van der Waals surface area contributed by atoms with Crippen molar-refractivity contribution in [2.75, 3.05) is 0 Å². The minimum absolute atomic E-state index is 0.757. The highest BCUT2D eigenvalue weighted by Gasteiger charge is 2.30. The van der Waals surface area contributed by atoms with Gasteiger partial charge >= 0.3 is 12.3 Å². The first-order valence-electron chi connectivity index (χ1n) is 2.88. The third kappa shape index (κ3) is 9.61. The third-order valence-corrected chi connectivity index (χ3v) is 0.938. The van der Waals surface area contributed by atoms with Crippen LogP contribution in [0, 0.1) is 0 Å². The highest BCUT2D eigenvalue weighted by molar-refractivity contribution is 4.55. The Kier molecular flexibility index (Phi) is 3.22. The Morgan fingerprint density at radius 1 is 0.909 bits per heavy atom. The molecule has 0 fully saturated rings. The second-order valence-electron chi connectivity index (χ2n) is 2.13. The smallest absolute Gasteiger partial charge is 0.336 e. The van der Waals surface area contributed by atoms with Crippen LogP contribution in [0.2, 0.25) is 0 Å². The fraction of sp³-hybridized carbons (Fsp3) is 1.00. The Bertz CT molecular complexity index is 99.0. The van der Waals surface area contributed by atoms with Crippen LogP contribution in [0.25, 0.3) is 0 Å². The number of rotatable bonds is 3. The highest BCUT2D eigenvalue weighted by Crippen LogP contribution is 2.25. The summed E-state index contributed by atoms with van der Waals surface area (Å²) in [5.41, 5.74) is 0. The molecule has 0 bridgehead atoms. The van der Waals surface area contributed by atoms with Crippen molar-refractivity contribution in [2.45, 2.75) is 31.5 Å². The van der Waals surface area contributed by atoms with Crippen molar-refractivity contribution in [2.24, 2.45) is 0 Å². The van der Waals surface area contributed by atoms with Crippen LogP contribution in [0.4, 0.5) is 22.0 Å². The normalized spacial score (nSPS) is 13.6. The zero-order valence-corrected chi connectivity index (χ0v) is 5.46. The molecular formula is C5H7F5O. The van der Waals surface area contributed by atoms with Crippen molar-refractivity contribution in [3.05, 3.63) is 0 Å². The number of alkyl halides is 5. The molecule has 0 saturated carbocycles. The topological polar surface area (TPSA) is 20.2 Å². The molecule has 0 saturated heterocycles. The van der Waals surface area contributed by atoms with Crippen LogP contribution in [0.1, 0.15) is 19.3 Å². The molecule has 0 aliphatic rings. The lowest BCUT2D eigenvalue weighted by molar-refractivity contribution is -0.208. The minimum atomic E-state index is -4.43. The number of halogens is 5. The maximum absolute atomic E-state index is 11.5. The maximum atomic E-state index is 11.5. The summed E-state index contributed by atoms with van der Waals surface area (Å²) in [6.45, 7) is 0. The van der Waals surface area contributed by atoms with Gasteiger partial charge in [-0.3, -0.25) is 0 Å². The summed E-state index contributed by atoms with van der Waals surface area (Å²) < 4.78 is 56.9. The van der Waals surface area contributed by atoms with Gasteiger partial charge < -0.3 is 5.11 Å². The van der Waals surface area contributed by atoms with Gasteiger partial charge in [0, 0.05) is 12.8 Å². The molecule has 0 aliphatic heterocycles. The zero-order valence-electron chi connectivity index (χ0n) is 5.46. The van der Waals surface area contributed by atoms with Gasteiger partial charge in [-0.25, -0.2) is 0 Å². The van der Waals surface area contributed by atoms with Crippen LogP contribution in [0.3, 0.4) is 0 Å². The van der Waals surface area contributed by atoms with E-state index in [0.29, 0.717) is 0 Å². The van der Waals surface area contributed by atoms with Gasteiger partial charge in [0.05, 0.1) is 0 Å². The summed E-state index contributed by atoms with van der Waals surface area (Å²) in [4.78, 5) is 0. The van der Waals surface area contributed by atoms with Crippen molar-refractivity contribution in [1.29, 1.82) is 0 Å². The molecule has 0 aromatic rings. The summed E-state index contributed by atoms with van der Waals surface area (Å²) in [5, 5.41) is 7.71. The largest absolute Gasteiger partial charge is 0.389 e. The predicted molar refractivity (Wildman–Crippen MR) is 27.1 cm³/mol. The van der Waals surface area contributed by atoms with Gasteiger partial charge in [0.25, 0.3) is 0 Å². The van der Waals surface area contributed by atoms with Crippen LogP contribution < -0.4 is 0 Å². The van der Waals surface area contributed by atoms with Gasteiger partial charge in [-0.15, -0.1) is 0 Å². The first-order chi connectivity index (χ1) is 4.71. The molecule has 0 heterocycles. The monoisotopic (exact) mass is 178 g/mol. The molecule has 6 heteroatoms. The SMILES string of the molecule is OC(F)(F)CCCC(F)(F)F. The molecule has 1 nitrogen and oxygen atoms in total. The van der Waals surface area contributed by atoms with Gasteiger partial charge in [-0.05, 0) is 6.42 Å². The summed E-state index contributed by atoms with van der Waals surface area (Å²) in [6, 6.07) is 0. The van der Waals surface area contributed by atoms with Gasteiger partial charge in [0.1, 0.15) is 0 Å².